The van der Waals surface area contributed by atoms with Crippen LogP contribution in [-0.2, 0) is 4.79 Å². The normalized spacial score (nSPS) is 40.4. The van der Waals surface area contributed by atoms with Crippen LogP contribution in [0.3, 0.4) is 0 Å². The fraction of sp³-hybridized carbons (Fsp3) is 0.833. The van der Waals surface area contributed by atoms with Gasteiger partial charge in [-0.15, -0.1) is 11.6 Å². The molecule has 1 fully saturated rings. The third kappa shape index (κ3) is 1.04. The molecule has 0 unspecified atom stereocenters. The summed E-state index contributed by atoms with van der Waals surface area (Å²) < 4.78 is 0. The van der Waals surface area contributed by atoms with Crippen LogP contribution in [0.15, 0.2) is 0 Å². The number of aliphatic carboxylic acids is 1. The lowest BCUT2D eigenvalue weighted by Gasteiger charge is -1.83. The molecule has 1 N–H and O–H groups in total. The maximum Gasteiger partial charge on any atom is 0.308 e. The van der Waals surface area contributed by atoms with Gasteiger partial charge in [-0.05, 0) is 5.92 Å². The number of hydrogen-bond acceptors (Lipinski definition) is 1. The summed E-state index contributed by atoms with van der Waals surface area (Å²) in [5.41, 5.74) is 0. The highest BCUT2D eigenvalue weighted by Gasteiger charge is 2.52. The van der Waals surface area contributed by atoms with Crippen LogP contribution >= 0.6 is 11.6 Å². The Morgan fingerprint density at radius 2 is 2.33 bits per heavy atom. The Balaban J connectivity index is 2.42. The van der Waals surface area contributed by atoms with E-state index in [1.807, 2.05) is 6.92 Å². The van der Waals surface area contributed by atoms with Gasteiger partial charge < -0.3 is 5.11 Å². The minimum absolute atomic E-state index is 0.104. The van der Waals surface area contributed by atoms with Gasteiger partial charge in [0.2, 0.25) is 0 Å². The Hall–Kier alpha value is -0.240. The van der Waals surface area contributed by atoms with Gasteiger partial charge in [0.1, 0.15) is 0 Å². The molecule has 0 bridgehead atoms. The summed E-state index contributed by atoms with van der Waals surface area (Å²) in [7, 11) is 0. The van der Waals surface area contributed by atoms with Gasteiger partial charge >= 0.3 is 5.97 Å². The second kappa shape index (κ2) is 2.18. The smallest absolute Gasteiger partial charge is 0.308 e. The van der Waals surface area contributed by atoms with E-state index in [9.17, 15) is 4.79 Å². The van der Waals surface area contributed by atoms with Gasteiger partial charge in [0.25, 0.3) is 0 Å². The van der Waals surface area contributed by atoms with Gasteiger partial charge in [0.05, 0.1) is 11.3 Å². The number of halogens is 1. The van der Waals surface area contributed by atoms with E-state index in [0.717, 1.165) is 6.42 Å². The summed E-state index contributed by atoms with van der Waals surface area (Å²) in [4.78, 5) is 10.3. The molecule has 1 rings (SSSR count). The minimum Gasteiger partial charge on any atom is -0.481 e. The molecule has 0 spiro atoms. The second-order valence-electron chi connectivity index (χ2n) is 2.38. The van der Waals surface area contributed by atoms with Crippen LogP contribution in [0.5, 0.6) is 0 Å². The van der Waals surface area contributed by atoms with E-state index in [0.29, 0.717) is 0 Å². The maximum atomic E-state index is 10.3. The molecule has 1 saturated carbocycles. The summed E-state index contributed by atoms with van der Waals surface area (Å²) in [6, 6.07) is 0. The molecule has 0 aromatic rings. The predicted molar refractivity (Wildman–Crippen MR) is 34.5 cm³/mol. The van der Waals surface area contributed by atoms with Crippen LogP contribution in [0.25, 0.3) is 0 Å². The molecule has 0 heterocycles. The van der Waals surface area contributed by atoms with Gasteiger partial charge in [-0.2, -0.15) is 0 Å². The highest BCUT2D eigenvalue weighted by Crippen LogP contribution is 2.46. The van der Waals surface area contributed by atoms with E-state index in [4.69, 9.17) is 16.7 Å². The number of alkyl halides is 1. The van der Waals surface area contributed by atoms with Gasteiger partial charge in [0.15, 0.2) is 0 Å². The summed E-state index contributed by atoms with van der Waals surface area (Å²) in [6.45, 7) is 1.96. The van der Waals surface area contributed by atoms with Crippen molar-refractivity contribution < 1.29 is 9.90 Å². The first-order chi connectivity index (χ1) is 4.18. The summed E-state index contributed by atoms with van der Waals surface area (Å²) in [6.07, 6.45) is 0.880. The molecule has 0 aliphatic heterocycles. The van der Waals surface area contributed by atoms with Crippen molar-refractivity contribution in [2.45, 2.75) is 18.7 Å². The fourth-order valence-corrected chi connectivity index (χ4v) is 1.68. The number of hydrogen-bond donors (Lipinski definition) is 1. The first kappa shape index (κ1) is 6.87. The Morgan fingerprint density at radius 3 is 2.44 bits per heavy atom. The molecular formula is C6H9ClO2. The van der Waals surface area contributed by atoms with Gasteiger partial charge in [-0.25, -0.2) is 0 Å². The lowest BCUT2D eigenvalue weighted by Crippen LogP contribution is -1.99. The van der Waals surface area contributed by atoms with Crippen LogP contribution in [-0.4, -0.2) is 16.5 Å². The lowest BCUT2D eigenvalue weighted by molar-refractivity contribution is -0.138. The predicted octanol–water partition coefficient (Wildman–Crippen LogP) is 1.33. The molecule has 3 atom stereocenters. The maximum absolute atomic E-state index is 10.3. The average molecular weight is 149 g/mol. The van der Waals surface area contributed by atoms with Crippen LogP contribution < -0.4 is 0 Å². The quantitative estimate of drug-likeness (QED) is 0.600. The highest BCUT2D eigenvalue weighted by atomic mass is 35.5. The van der Waals surface area contributed by atoms with Gasteiger partial charge in [-0.3, -0.25) is 4.79 Å². The molecule has 3 heteroatoms. The Morgan fingerprint density at radius 1 is 1.78 bits per heavy atom. The van der Waals surface area contributed by atoms with Crippen molar-refractivity contribution in [1.29, 1.82) is 0 Å². The zero-order valence-electron chi connectivity index (χ0n) is 5.17. The summed E-state index contributed by atoms with van der Waals surface area (Å²) in [5.74, 6) is -0.789. The van der Waals surface area contributed by atoms with E-state index < -0.39 is 5.97 Å². The monoisotopic (exact) mass is 148 g/mol. The average Bonchev–Trinajstić information content (AvgIpc) is 2.40. The number of carbonyl (C=O) groups is 1. The van der Waals surface area contributed by atoms with Crippen LogP contribution in [0.4, 0.5) is 0 Å². The zero-order valence-corrected chi connectivity index (χ0v) is 5.93. The molecule has 2 nitrogen and oxygen atoms in total. The van der Waals surface area contributed by atoms with Crippen molar-refractivity contribution in [2.75, 3.05) is 0 Å². The van der Waals surface area contributed by atoms with Gasteiger partial charge in [-0.1, -0.05) is 13.3 Å². The summed E-state index contributed by atoms with van der Waals surface area (Å²) >= 11 is 5.63. The highest BCUT2D eigenvalue weighted by molar-refractivity contribution is 6.24. The van der Waals surface area contributed by atoms with Crippen molar-refractivity contribution in [3.63, 3.8) is 0 Å². The zero-order chi connectivity index (χ0) is 7.02. The molecule has 0 amide bonds. The number of carboxylic acid groups (broad SMARTS) is 1. The minimum atomic E-state index is -0.748. The standard InChI is InChI=1S/C6H9ClO2/c1-2-3-4(5(3)7)6(8)9/h3-5H,2H2,1H3,(H,8,9)/t3-,4-,5-/m0/s1. The molecule has 1 aliphatic rings. The first-order valence-electron chi connectivity index (χ1n) is 3.05. The number of carboxylic acids is 1. The Labute approximate surface area is 58.8 Å². The van der Waals surface area contributed by atoms with Crippen molar-refractivity contribution in [1.82, 2.24) is 0 Å². The molecule has 1 aliphatic carbocycles. The van der Waals surface area contributed by atoms with E-state index >= 15 is 0 Å². The topological polar surface area (TPSA) is 37.3 Å². The molecule has 0 radical (unpaired) electrons. The second-order valence-corrected chi connectivity index (χ2v) is 2.88. The first-order valence-corrected chi connectivity index (χ1v) is 3.49. The molecule has 9 heavy (non-hydrogen) atoms. The molecule has 0 aromatic carbocycles. The summed E-state index contributed by atoms with van der Waals surface area (Å²) in [5, 5.41) is 8.34. The van der Waals surface area contributed by atoms with E-state index in [2.05, 4.69) is 0 Å². The molecule has 0 aromatic heterocycles. The van der Waals surface area contributed by atoms with Crippen molar-refractivity contribution in [3.05, 3.63) is 0 Å². The van der Waals surface area contributed by atoms with E-state index in [1.54, 1.807) is 0 Å². The fourth-order valence-electron chi connectivity index (χ4n) is 1.13. The van der Waals surface area contributed by atoms with Crippen LogP contribution in [0, 0.1) is 11.8 Å². The largest absolute Gasteiger partial charge is 0.481 e. The molecular weight excluding hydrogens is 140 g/mol. The number of rotatable bonds is 2. The van der Waals surface area contributed by atoms with E-state index in [1.165, 1.54) is 0 Å². The molecule has 52 valence electrons. The van der Waals surface area contributed by atoms with E-state index in [-0.39, 0.29) is 17.2 Å². The SMILES string of the molecule is CC[C@@H]1[C@H](Cl)[C@H]1C(=O)O. The van der Waals surface area contributed by atoms with Crippen LogP contribution in [0.2, 0.25) is 0 Å². The van der Waals surface area contributed by atoms with Crippen molar-refractivity contribution in [3.8, 4) is 0 Å². The van der Waals surface area contributed by atoms with Gasteiger partial charge in [0, 0.05) is 0 Å². The van der Waals surface area contributed by atoms with Crippen molar-refractivity contribution in [2.24, 2.45) is 11.8 Å². The Kier molecular flexibility index (Phi) is 1.66. The van der Waals surface area contributed by atoms with Crippen molar-refractivity contribution >= 4 is 17.6 Å². The molecule has 0 saturated heterocycles. The third-order valence-corrected chi connectivity index (χ3v) is 2.42. The lowest BCUT2D eigenvalue weighted by atomic mass is 10.3. The third-order valence-electron chi connectivity index (χ3n) is 1.83. The van der Waals surface area contributed by atoms with Crippen LogP contribution in [0.1, 0.15) is 13.3 Å². The Bertz CT molecular complexity index is 135.